The van der Waals surface area contributed by atoms with Gasteiger partial charge in [-0.1, -0.05) is 6.07 Å². The summed E-state index contributed by atoms with van der Waals surface area (Å²) in [6.45, 7) is 0.696. The lowest BCUT2D eigenvalue weighted by molar-refractivity contribution is 0.0469. The van der Waals surface area contributed by atoms with Gasteiger partial charge in [-0.15, -0.1) is 0 Å². The van der Waals surface area contributed by atoms with E-state index >= 15 is 0 Å². The maximum atomic E-state index is 5.77. The second-order valence-corrected chi connectivity index (χ2v) is 3.11. The first-order chi connectivity index (χ1) is 6.31. The van der Waals surface area contributed by atoms with Gasteiger partial charge in [0.25, 0.3) is 0 Å². The average molecular weight is 179 g/mol. The Bertz CT molecular complexity index is 312. The molecule has 0 amide bonds. The van der Waals surface area contributed by atoms with Gasteiger partial charge in [-0.05, 0) is 29.7 Å². The second-order valence-electron chi connectivity index (χ2n) is 3.11. The van der Waals surface area contributed by atoms with Crippen LogP contribution in [-0.4, -0.2) is 13.7 Å². The van der Waals surface area contributed by atoms with Crippen molar-refractivity contribution in [1.29, 1.82) is 0 Å². The monoisotopic (exact) mass is 179 g/mol. The summed E-state index contributed by atoms with van der Waals surface area (Å²) in [6.07, 6.45) is 0.648. The minimum absolute atomic E-state index is 0.269. The van der Waals surface area contributed by atoms with Crippen molar-refractivity contribution in [2.24, 2.45) is 5.73 Å². The van der Waals surface area contributed by atoms with Gasteiger partial charge in [0, 0.05) is 0 Å². The molecule has 13 heavy (non-hydrogen) atoms. The second kappa shape index (κ2) is 3.36. The van der Waals surface area contributed by atoms with Gasteiger partial charge in [0.05, 0.1) is 13.7 Å². The highest BCUT2D eigenvalue weighted by Crippen LogP contribution is 2.26. The third-order valence-electron chi connectivity index (χ3n) is 2.33. The van der Waals surface area contributed by atoms with Crippen molar-refractivity contribution >= 4 is 0 Å². The summed E-state index contributed by atoms with van der Waals surface area (Å²) < 4.78 is 10.4. The maximum Gasteiger partial charge on any atom is 0.132 e. The van der Waals surface area contributed by atoms with E-state index in [1.807, 2.05) is 18.2 Å². The smallest absolute Gasteiger partial charge is 0.132 e. The van der Waals surface area contributed by atoms with Gasteiger partial charge in [0.1, 0.15) is 12.0 Å². The number of hydrogen-bond acceptors (Lipinski definition) is 3. The molecule has 0 saturated carbocycles. The van der Waals surface area contributed by atoms with E-state index in [1.165, 1.54) is 5.56 Å². The predicted molar refractivity (Wildman–Crippen MR) is 49.6 cm³/mol. The molecule has 1 atom stereocenters. The van der Waals surface area contributed by atoms with Crippen LogP contribution < -0.4 is 10.5 Å². The molecule has 3 nitrogen and oxygen atoms in total. The highest BCUT2D eigenvalue weighted by Gasteiger charge is 2.17. The lowest BCUT2D eigenvalue weighted by Gasteiger charge is -2.22. The third kappa shape index (κ3) is 1.53. The van der Waals surface area contributed by atoms with Gasteiger partial charge >= 0.3 is 0 Å². The van der Waals surface area contributed by atoms with Crippen LogP contribution in [0, 0.1) is 0 Å². The number of benzene rings is 1. The average Bonchev–Trinajstić information content (AvgIpc) is 2.18. The minimum Gasteiger partial charge on any atom is -0.497 e. The van der Waals surface area contributed by atoms with Gasteiger partial charge in [-0.2, -0.15) is 0 Å². The molecule has 0 bridgehead atoms. The Morgan fingerprint density at radius 1 is 1.54 bits per heavy atom. The molecule has 1 aliphatic rings. The summed E-state index contributed by atoms with van der Waals surface area (Å²) in [5.74, 6) is 0.882. The van der Waals surface area contributed by atoms with E-state index in [1.54, 1.807) is 7.11 Å². The van der Waals surface area contributed by atoms with Crippen molar-refractivity contribution in [2.75, 3.05) is 13.7 Å². The van der Waals surface area contributed by atoms with E-state index < -0.39 is 0 Å². The summed E-state index contributed by atoms with van der Waals surface area (Å²) in [5.41, 5.74) is 8.09. The molecule has 3 heteroatoms. The zero-order valence-corrected chi connectivity index (χ0v) is 7.62. The molecule has 0 unspecified atom stereocenters. The Balaban J connectivity index is 2.39. The van der Waals surface area contributed by atoms with Crippen molar-refractivity contribution < 1.29 is 9.47 Å². The first kappa shape index (κ1) is 8.53. The standard InChI is InChI=1S/C10H13NO2/c1-12-8-2-3-9-7(6-8)4-5-13-10(9)11/h2-3,6,10H,4-5,11H2,1H3/t10-/m1/s1. The van der Waals surface area contributed by atoms with Crippen molar-refractivity contribution in [1.82, 2.24) is 0 Å². The normalized spacial score (nSPS) is 20.9. The third-order valence-corrected chi connectivity index (χ3v) is 2.33. The van der Waals surface area contributed by atoms with Crippen LogP contribution in [0.25, 0.3) is 0 Å². The van der Waals surface area contributed by atoms with Crippen LogP contribution in [0.4, 0.5) is 0 Å². The van der Waals surface area contributed by atoms with E-state index in [0.29, 0.717) is 6.61 Å². The molecule has 1 aromatic rings. The summed E-state index contributed by atoms with van der Waals surface area (Å²) >= 11 is 0. The van der Waals surface area contributed by atoms with Gasteiger partial charge in [-0.25, -0.2) is 0 Å². The van der Waals surface area contributed by atoms with Gasteiger partial charge in [0.2, 0.25) is 0 Å². The van der Waals surface area contributed by atoms with Crippen molar-refractivity contribution in [2.45, 2.75) is 12.6 Å². The summed E-state index contributed by atoms with van der Waals surface area (Å²) in [5, 5.41) is 0. The molecule has 2 rings (SSSR count). The number of rotatable bonds is 1. The van der Waals surface area contributed by atoms with Crippen LogP contribution in [0.1, 0.15) is 17.4 Å². The Morgan fingerprint density at radius 3 is 3.15 bits per heavy atom. The molecule has 2 N–H and O–H groups in total. The highest BCUT2D eigenvalue weighted by atomic mass is 16.5. The number of ether oxygens (including phenoxy) is 2. The number of hydrogen-bond donors (Lipinski definition) is 1. The zero-order valence-electron chi connectivity index (χ0n) is 7.62. The highest BCUT2D eigenvalue weighted by molar-refractivity contribution is 5.37. The van der Waals surface area contributed by atoms with Crippen molar-refractivity contribution in [3.63, 3.8) is 0 Å². The van der Waals surface area contributed by atoms with E-state index in [0.717, 1.165) is 17.7 Å². The molecule has 0 saturated heterocycles. The minimum atomic E-state index is -0.269. The molecular formula is C10H13NO2. The molecule has 70 valence electrons. The fourth-order valence-electron chi connectivity index (χ4n) is 1.59. The SMILES string of the molecule is COc1ccc2c(c1)CCO[C@H]2N. The molecule has 1 aromatic carbocycles. The number of nitrogens with two attached hydrogens (primary N) is 1. The first-order valence-corrected chi connectivity index (χ1v) is 4.35. The fraction of sp³-hybridized carbons (Fsp3) is 0.400. The molecule has 0 aliphatic carbocycles. The molecule has 1 aliphatic heterocycles. The fourth-order valence-corrected chi connectivity index (χ4v) is 1.59. The Labute approximate surface area is 77.5 Å². The largest absolute Gasteiger partial charge is 0.497 e. The van der Waals surface area contributed by atoms with Gasteiger partial charge in [-0.3, -0.25) is 0 Å². The predicted octanol–water partition coefficient (Wildman–Crippen LogP) is 1.23. The molecular weight excluding hydrogens is 166 g/mol. The zero-order chi connectivity index (χ0) is 9.26. The van der Waals surface area contributed by atoms with E-state index in [4.69, 9.17) is 15.2 Å². The molecule has 0 aromatic heterocycles. The van der Waals surface area contributed by atoms with Crippen LogP contribution in [0.5, 0.6) is 5.75 Å². The van der Waals surface area contributed by atoms with Crippen LogP contribution >= 0.6 is 0 Å². The van der Waals surface area contributed by atoms with E-state index in [2.05, 4.69) is 0 Å². The van der Waals surface area contributed by atoms with Crippen LogP contribution in [0.3, 0.4) is 0 Å². The van der Waals surface area contributed by atoms with Gasteiger partial charge in [0.15, 0.2) is 0 Å². The maximum absolute atomic E-state index is 5.77. The Morgan fingerprint density at radius 2 is 2.38 bits per heavy atom. The summed E-state index contributed by atoms with van der Waals surface area (Å²) in [6, 6.07) is 5.91. The Kier molecular flexibility index (Phi) is 2.20. The van der Waals surface area contributed by atoms with Crippen molar-refractivity contribution in [3.05, 3.63) is 29.3 Å². The van der Waals surface area contributed by atoms with Crippen molar-refractivity contribution in [3.8, 4) is 5.75 Å². The Hall–Kier alpha value is -1.06. The summed E-state index contributed by atoms with van der Waals surface area (Å²) in [7, 11) is 1.67. The lowest BCUT2D eigenvalue weighted by atomic mass is 10.0. The van der Waals surface area contributed by atoms with E-state index in [-0.39, 0.29) is 6.23 Å². The molecule has 0 radical (unpaired) electrons. The quantitative estimate of drug-likeness (QED) is 0.705. The summed E-state index contributed by atoms with van der Waals surface area (Å²) in [4.78, 5) is 0. The van der Waals surface area contributed by atoms with Gasteiger partial charge < -0.3 is 15.2 Å². The van der Waals surface area contributed by atoms with Crippen LogP contribution in [-0.2, 0) is 11.2 Å². The first-order valence-electron chi connectivity index (χ1n) is 4.35. The number of fused-ring (bicyclic) bond motifs is 1. The van der Waals surface area contributed by atoms with E-state index in [9.17, 15) is 0 Å². The molecule has 1 heterocycles. The lowest BCUT2D eigenvalue weighted by Crippen LogP contribution is -2.22. The number of methoxy groups -OCH3 is 1. The van der Waals surface area contributed by atoms with Crippen LogP contribution in [0.15, 0.2) is 18.2 Å². The topological polar surface area (TPSA) is 44.5 Å². The molecule has 0 fully saturated rings. The van der Waals surface area contributed by atoms with Crippen LogP contribution in [0.2, 0.25) is 0 Å². The molecule has 0 spiro atoms.